The first-order valence-corrected chi connectivity index (χ1v) is 3.47. The van der Waals surface area contributed by atoms with Crippen LogP contribution in [0.25, 0.3) is 0 Å². The summed E-state index contributed by atoms with van der Waals surface area (Å²) in [7, 11) is 0. The molecule has 1 heterocycles. The highest BCUT2D eigenvalue weighted by Crippen LogP contribution is 2.19. The first-order chi connectivity index (χ1) is 5.95. The lowest BCUT2D eigenvalue weighted by molar-refractivity contribution is -0.257. The van der Waals surface area contributed by atoms with E-state index in [0.29, 0.717) is 0 Å². The van der Waals surface area contributed by atoms with Crippen molar-refractivity contribution in [2.75, 3.05) is 0 Å². The number of rotatable bonds is 2. The van der Waals surface area contributed by atoms with E-state index in [-0.39, 0.29) is 16.9 Å². The van der Waals surface area contributed by atoms with Gasteiger partial charge >= 0.3 is 0 Å². The van der Waals surface area contributed by atoms with Crippen LogP contribution in [0.4, 0.5) is 0 Å². The molecule has 0 saturated carbocycles. The van der Waals surface area contributed by atoms with Crippen molar-refractivity contribution < 1.29 is 24.2 Å². The van der Waals surface area contributed by atoms with Gasteiger partial charge in [-0.3, -0.25) is 0 Å². The van der Waals surface area contributed by atoms with Crippen LogP contribution in [-0.4, -0.2) is 11.9 Å². The van der Waals surface area contributed by atoms with Gasteiger partial charge in [-0.25, -0.2) is 0 Å². The number of hydrogen-bond donors (Lipinski definition) is 0. The number of aryl methyl sites for hydroxylation is 1. The molecule has 0 spiro atoms. The minimum atomic E-state index is -1.53. The fraction of sp³-hybridized carbons (Fsp3) is 0.250. The second-order valence-corrected chi connectivity index (χ2v) is 2.56. The molecule has 0 N–H and O–H groups in total. The van der Waals surface area contributed by atoms with Crippen LogP contribution in [0, 0.1) is 13.8 Å². The molecule has 0 radical (unpaired) electrons. The molecule has 0 saturated heterocycles. The number of hydrogen-bond acceptors (Lipinski definition) is 5. The topological polar surface area (TPSA) is 93.4 Å². The number of carbonyl (C=O) groups excluding carboxylic acids is 2. The van der Waals surface area contributed by atoms with Crippen LogP contribution in [0.3, 0.4) is 0 Å². The Labute approximate surface area is 73.6 Å². The van der Waals surface area contributed by atoms with Crippen molar-refractivity contribution in [3.05, 3.63) is 22.6 Å². The van der Waals surface area contributed by atoms with Gasteiger partial charge in [-0.05, 0) is 13.8 Å². The van der Waals surface area contributed by atoms with Crippen LogP contribution in [-0.2, 0) is 0 Å². The predicted molar refractivity (Wildman–Crippen MR) is 36.8 cm³/mol. The molecular weight excluding hydrogens is 176 g/mol. The zero-order valence-corrected chi connectivity index (χ0v) is 7.04. The molecule has 13 heavy (non-hydrogen) atoms. The zero-order chi connectivity index (χ0) is 10.2. The van der Waals surface area contributed by atoms with Crippen LogP contribution in [0.5, 0.6) is 0 Å². The summed E-state index contributed by atoms with van der Waals surface area (Å²) in [5.41, 5.74) is -0.197. The Morgan fingerprint density at radius 3 is 1.92 bits per heavy atom. The van der Waals surface area contributed by atoms with Gasteiger partial charge < -0.3 is 24.2 Å². The van der Waals surface area contributed by atoms with Crippen LogP contribution in [0.1, 0.15) is 32.2 Å². The second kappa shape index (κ2) is 2.93. The molecule has 0 aliphatic carbocycles. The smallest absolute Gasteiger partial charge is 0.153 e. The van der Waals surface area contributed by atoms with E-state index in [1.807, 2.05) is 0 Å². The molecular formula is C8H6O5-2. The highest BCUT2D eigenvalue weighted by molar-refractivity contribution is 5.94. The maximum atomic E-state index is 10.5. The standard InChI is InChI=1S/C8H8O5/c1-3-5(7(9)10)4(2)13-6(3)8(11)12/h1-2H3,(H,9,10)(H,11,12)/p-2. The first kappa shape index (κ1) is 9.31. The second-order valence-electron chi connectivity index (χ2n) is 2.56. The van der Waals surface area contributed by atoms with Gasteiger partial charge in [0.25, 0.3) is 0 Å². The van der Waals surface area contributed by atoms with E-state index >= 15 is 0 Å². The SMILES string of the molecule is Cc1oc(C(=O)[O-])c(C)c1C(=O)[O-]. The van der Waals surface area contributed by atoms with Gasteiger partial charge in [0.05, 0.1) is 5.97 Å². The Hall–Kier alpha value is -1.78. The van der Waals surface area contributed by atoms with Crippen LogP contribution in [0.15, 0.2) is 4.42 Å². The largest absolute Gasteiger partial charge is 0.545 e. The van der Waals surface area contributed by atoms with Crippen molar-refractivity contribution in [2.45, 2.75) is 13.8 Å². The van der Waals surface area contributed by atoms with Crippen molar-refractivity contribution in [2.24, 2.45) is 0 Å². The normalized spacial score (nSPS) is 10.0. The predicted octanol–water partition coefficient (Wildman–Crippen LogP) is -1.38. The molecule has 0 aromatic carbocycles. The summed E-state index contributed by atoms with van der Waals surface area (Å²) < 4.78 is 4.69. The minimum Gasteiger partial charge on any atom is -0.545 e. The molecule has 0 amide bonds. The Balaban J connectivity index is 3.39. The Morgan fingerprint density at radius 2 is 1.69 bits per heavy atom. The van der Waals surface area contributed by atoms with Crippen LogP contribution < -0.4 is 10.2 Å². The van der Waals surface area contributed by atoms with E-state index in [1.54, 1.807) is 0 Å². The van der Waals surface area contributed by atoms with Crippen LogP contribution >= 0.6 is 0 Å². The van der Waals surface area contributed by atoms with E-state index in [2.05, 4.69) is 4.42 Å². The summed E-state index contributed by atoms with van der Waals surface area (Å²) >= 11 is 0. The van der Waals surface area contributed by atoms with Crippen molar-refractivity contribution >= 4 is 11.9 Å². The number of carboxylic acids is 2. The number of carboxylic acid groups (broad SMARTS) is 2. The molecule has 1 aromatic rings. The van der Waals surface area contributed by atoms with E-state index in [1.165, 1.54) is 13.8 Å². The lowest BCUT2D eigenvalue weighted by atomic mass is 10.1. The van der Waals surface area contributed by atoms with E-state index in [4.69, 9.17) is 0 Å². The minimum absolute atomic E-state index is 0.0108. The summed E-state index contributed by atoms with van der Waals surface area (Å²) in [5, 5.41) is 20.9. The molecule has 0 unspecified atom stereocenters. The fourth-order valence-corrected chi connectivity index (χ4v) is 1.15. The van der Waals surface area contributed by atoms with Gasteiger partial charge in [0.2, 0.25) is 0 Å². The molecule has 5 heteroatoms. The number of carbonyl (C=O) groups is 2. The molecule has 70 valence electrons. The van der Waals surface area contributed by atoms with Gasteiger partial charge in [-0.15, -0.1) is 0 Å². The molecule has 1 aromatic heterocycles. The summed E-state index contributed by atoms with van der Waals surface area (Å²) in [5.74, 6) is -3.44. The summed E-state index contributed by atoms with van der Waals surface area (Å²) in [6.07, 6.45) is 0. The van der Waals surface area contributed by atoms with E-state index in [9.17, 15) is 19.8 Å². The molecule has 0 fully saturated rings. The Bertz CT molecular complexity index is 374. The Morgan fingerprint density at radius 1 is 1.15 bits per heavy atom. The highest BCUT2D eigenvalue weighted by Gasteiger charge is 2.15. The molecule has 1 rings (SSSR count). The van der Waals surface area contributed by atoms with Gasteiger partial charge in [0.15, 0.2) is 5.76 Å². The van der Waals surface area contributed by atoms with Crippen molar-refractivity contribution in [1.82, 2.24) is 0 Å². The average Bonchev–Trinajstić information content (AvgIpc) is 2.26. The van der Waals surface area contributed by atoms with Gasteiger partial charge in [-0.1, -0.05) is 0 Å². The fourth-order valence-electron chi connectivity index (χ4n) is 1.15. The molecule has 0 aliphatic rings. The third-order valence-electron chi connectivity index (χ3n) is 1.71. The Kier molecular flexibility index (Phi) is 2.10. The molecule has 0 bridgehead atoms. The lowest BCUT2D eigenvalue weighted by Gasteiger charge is -2.01. The summed E-state index contributed by atoms with van der Waals surface area (Å²) in [6.45, 7) is 2.68. The zero-order valence-electron chi connectivity index (χ0n) is 7.04. The van der Waals surface area contributed by atoms with Gasteiger partial charge in [0.1, 0.15) is 11.7 Å². The summed E-state index contributed by atoms with van der Waals surface area (Å²) in [4.78, 5) is 20.9. The molecule has 0 aliphatic heterocycles. The molecule has 5 nitrogen and oxygen atoms in total. The number of furan rings is 1. The van der Waals surface area contributed by atoms with Gasteiger partial charge in [0, 0.05) is 11.1 Å². The lowest BCUT2D eigenvalue weighted by Crippen LogP contribution is -2.25. The highest BCUT2D eigenvalue weighted by atomic mass is 16.4. The van der Waals surface area contributed by atoms with Crippen LogP contribution in [0.2, 0.25) is 0 Å². The average molecular weight is 182 g/mol. The van der Waals surface area contributed by atoms with Crippen molar-refractivity contribution in [3.63, 3.8) is 0 Å². The van der Waals surface area contributed by atoms with Gasteiger partial charge in [-0.2, -0.15) is 0 Å². The summed E-state index contributed by atoms with van der Waals surface area (Å²) in [6, 6.07) is 0. The third-order valence-corrected chi connectivity index (χ3v) is 1.71. The monoisotopic (exact) mass is 182 g/mol. The maximum absolute atomic E-state index is 10.5. The van der Waals surface area contributed by atoms with Crippen molar-refractivity contribution in [3.8, 4) is 0 Å². The maximum Gasteiger partial charge on any atom is 0.153 e. The first-order valence-electron chi connectivity index (χ1n) is 3.47. The number of aromatic carboxylic acids is 2. The third kappa shape index (κ3) is 1.40. The van der Waals surface area contributed by atoms with Crippen molar-refractivity contribution in [1.29, 1.82) is 0 Å². The quantitative estimate of drug-likeness (QED) is 0.562. The van der Waals surface area contributed by atoms with E-state index in [0.717, 1.165) is 0 Å². The van der Waals surface area contributed by atoms with E-state index < -0.39 is 17.7 Å². The molecule has 0 atom stereocenters.